The summed E-state index contributed by atoms with van der Waals surface area (Å²) >= 11 is -6.41. The normalized spacial score (nSPS) is 14.4. The molecule has 120 valence electrons. The molecule has 0 aliphatic carbocycles. The predicted octanol–water partition coefficient (Wildman–Crippen LogP) is 0.761. The molecule has 0 bridgehead atoms. The number of alkyl halides is 6. The van der Waals surface area contributed by atoms with Crippen LogP contribution in [-0.2, 0) is 11.1 Å². The van der Waals surface area contributed by atoms with E-state index in [2.05, 4.69) is 0 Å². The van der Waals surface area contributed by atoms with Crippen LogP contribution in [-0.4, -0.2) is 25.2 Å². The van der Waals surface area contributed by atoms with E-state index in [1.807, 2.05) is 0 Å². The van der Waals surface area contributed by atoms with Crippen LogP contribution in [0.5, 0.6) is 0 Å². The number of thioether (sulfide) groups is 1. The van der Waals surface area contributed by atoms with E-state index in [-0.39, 0.29) is 18.9 Å². The van der Waals surface area contributed by atoms with Gasteiger partial charge >= 0.3 is 35.3 Å². The van der Waals surface area contributed by atoms with Gasteiger partial charge in [0.1, 0.15) is 11.6 Å². The maximum atomic E-state index is 13.2. The third kappa shape index (κ3) is 3.79. The topological polar surface area (TPSA) is 40.1 Å². The Hall–Kier alpha value is -0.283. The van der Waals surface area contributed by atoms with Gasteiger partial charge in [0, 0.05) is 11.1 Å². The van der Waals surface area contributed by atoms with Crippen molar-refractivity contribution in [1.29, 1.82) is 0 Å². The second kappa shape index (κ2) is 7.08. The first kappa shape index (κ1) is 21.7. The van der Waals surface area contributed by atoms with Gasteiger partial charge in [-0.2, -0.15) is 26.3 Å². The van der Waals surface area contributed by atoms with Crippen molar-refractivity contribution in [2.45, 2.75) is 21.3 Å². The quantitative estimate of drug-likeness (QED) is 0.335. The third-order valence-corrected chi connectivity index (χ3v) is 3.87. The molecule has 0 saturated heterocycles. The Morgan fingerprint density at radius 3 is 1.77 bits per heavy atom. The Morgan fingerprint density at radius 2 is 1.41 bits per heavy atom. The fourth-order valence-corrected chi connectivity index (χ4v) is 2.29. The van der Waals surface area contributed by atoms with Crippen molar-refractivity contribution in [1.82, 2.24) is 0 Å². The Kier molecular flexibility index (Phi) is 6.99. The molecule has 0 N–H and O–H groups in total. The largest absolute Gasteiger partial charge is 1.00 e. The van der Waals surface area contributed by atoms with Gasteiger partial charge in [-0.15, -0.1) is 0 Å². The van der Waals surface area contributed by atoms with Crippen LogP contribution in [0.1, 0.15) is 0 Å². The van der Waals surface area contributed by atoms with Crippen molar-refractivity contribution in [3.8, 4) is 0 Å². The predicted molar refractivity (Wildman–Crippen MR) is 56.0 cm³/mol. The van der Waals surface area contributed by atoms with E-state index in [1.54, 1.807) is 0 Å². The van der Waals surface area contributed by atoms with Crippen LogP contribution in [0.4, 0.5) is 35.1 Å². The zero-order chi connectivity index (χ0) is 16.6. The minimum Gasteiger partial charge on any atom is -0.768 e. The smallest absolute Gasteiger partial charge is 0.768 e. The van der Waals surface area contributed by atoms with Crippen molar-refractivity contribution in [2.24, 2.45) is 0 Å². The monoisotopic (exact) mass is 366 g/mol. The van der Waals surface area contributed by atoms with Crippen molar-refractivity contribution in [3.05, 3.63) is 29.8 Å². The number of hydrogen-bond acceptors (Lipinski definition) is 3. The molecular weight excluding hydrogens is 363 g/mol. The molecule has 0 aromatic heterocycles. The number of halogens is 8. The summed E-state index contributed by atoms with van der Waals surface area (Å²) in [5, 5.41) is -11.9. The van der Waals surface area contributed by atoms with Gasteiger partial charge in [-0.25, -0.2) is 8.78 Å². The van der Waals surface area contributed by atoms with Crippen LogP contribution in [0, 0.1) is 11.6 Å². The van der Waals surface area contributed by atoms with Gasteiger partial charge in [0.25, 0.3) is 0 Å². The SMILES string of the molecule is O=S([O-])C(F)(F)C(F)(F)C(F)(F)Sc1c(F)cccc1F.[Li+]. The second-order valence-electron chi connectivity index (χ2n) is 3.50. The molecule has 1 atom stereocenters. The van der Waals surface area contributed by atoms with Gasteiger partial charge in [-0.1, -0.05) is 6.07 Å². The Balaban J connectivity index is 0.00000441. The summed E-state index contributed by atoms with van der Waals surface area (Å²) in [7, 11) is 0. The molecule has 13 heteroatoms. The minimum absolute atomic E-state index is 0. The van der Waals surface area contributed by atoms with Gasteiger partial charge in [-0.3, -0.25) is 4.21 Å². The summed E-state index contributed by atoms with van der Waals surface area (Å²) in [6.45, 7) is 0. The van der Waals surface area contributed by atoms with Gasteiger partial charge in [0.05, 0.1) is 4.90 Å². The summed E-state index contributed by atoms with van der Waals surface area (Å²) in [5.74, 6) is -9.78. The minimum atomic E-state index is -6.40. The number of rotatable bonds is 5. The maximum Gasteiger partial charge on any atom is 1.00 e. The van der Waals surface area contributed by atoms with Crippen molar-refractivity contribution < 1.29 is 62.7 Å². The molecule has 0 aliphatic heterocycles. The average molecular weight is 366 g/mol. The van der Waals surface area contributed by atoms with E-state index in [9.17, 15) is 43.9 Å². The number of hydrogen-bond donors (Lipinski definition) is 0. The van der Waals surface area contributed by atoms with Gasteiger partial charge in [-0.05, 0) is 23.9 Å². The van der Waals surface area contributed by atoms with Crippen LogP contribution < -0.4 is 18.9 Å². The molecule has 1 unspecified atom stereocenters. The van der Waals surface area contributed by atoms with E-state index in [1.165, 1.54) is 0 Å². The standard InChI is InChI=1S/C9H4F8O2S2.Li/c10-4-2-1-3-5(11)6(4)20-8(14,15)7(12,13)9(16,17)21(18)19;/h1-3H,(H,18,19);/q;+1/p-1. The Morgan fingerprint density at radius 1 is 1.00 bits per heavy atom. The summed E-state index contributed by atoms with van der Waals surface area (Å²) in [5.41, 5.74) is 0. The van der Waals surface area contributed by atoms with Gasteiger partial charge in [0.15, 0.2) is 0 Å². The summed E-state index contributed by atoms with van der Waals surface area (Å²) < 4.78 is 124. The van der Waals surface area contributed by atoms with E-state index in [0.29, 0.717) is 12.1 Å². The fourth-order valence-electron chi connectivity index (χ4n) is 1.05. The second-order valence-corrected chi connectivity index (χ2v) is 5.60. The molecule has 0 aliphatic rings. The molecule has 1 rings (SSSR count). The molecule has 1 aromatic carbocycles. The Bertz CT molecular complexity index is 548. The first-order valence-corrected chi connectivity index (χ1v) is 6.59. The van der Waals surface area contributed by atoms with Crippen LogP contribution in [0.25, 0.3) is 0 Å². The average Bonchev–Trinajstić information content (AvgIpc) is 2.33. The molecule has 0 saturated carbocycles. The van der Waals surface area contributed by atoms with E-state index in [4.69, 9.17) is 0 Å². The van der Waals surface area contributed by atoms with E-state index < -0.39 is 55.8 Å². The van der Waals surface area contributed by atoms with E-state index >= 15 is 0 Å². The summed E-state index contributed by atoms with van der Waals surface area (Å²) in [4.78, 5) is -1.64. The molecule has 0 amide bonds. The number of benzene rings is 1. The molecule has 22 heavy (non-hydrogen) atoms. The van der Waals surface area contributed by atoms with Crippen molar-refractivity contribution >= 4 is 22.8 Å². The van der Waals surface area contributed by atoms with Crippen molar-refractivity contribution in [3.63, 3.8) is 0 Å². The maximum absolute atomic E-state index is 13.2. The molecule has 0 spiro atoms. The first-order chi connectivity index (χ1) is 9.34. The van der Waals surface area contributed by atoms with Crippen LogP contribution in [0.15, 0.2) is 23.1 Å². The molecule has 1 aromatic rings. The first-order valence-electron chi connectivity index (χ1n) is 4.70. The summed E-state index contributed by atoms with van der Waals surface area (Å²) in [6, 6.07) is 1.60. The van der Waals surface area contributed by atoms with Crippen molar-refractivity contribution in [2.75, 3.05) is 0 Å². The molecule has 0 radical (unpaired) electrons. The zero-order valence-electron chi connectivity index (χ0n) is 10.4. The molecule has 0 fully saturated rings. The fraction of sp³-hybridized carbons (Fsp3) is 0.333. The summed E-state index contributed by atoms with van der Waals surface area (Å²) in [6.07, 6.45) is 0. The van der Waals surface area contributed by atoms with Gasteiger partial charge < -0.3 is 4.55 Å². The zero-order valence-corrected chi connectivity index (χ0v) is 12.0. The van der Waals surface area contributed by atoms with Crippen LogP contribution in [0.2, 0.25) is 0 Å². The van der Waals surface area contributed by atoms with Gasteiger partial charge in [0.2, 0.25) is 0 Å². The molecule has 2 nitrogen and oxygen atoms in total. The molecule has 0 heterocycles. The Labute approximate surface area is 137 Å². The van der Waals surface area contributed by atoms with Crippen LogP contribution >= 0.6 is 11.8 Å². The molecular formula is C9H3F8LiO2S2. The van der Waals surface area contributed by atoms with E-state index in [0.717, 1.165) is 6.07 Å². The van der Waals surface area contributed by atoms with Crippen LogP contribution in [0.3, 0.4) is 0 Å². The third-order valence-electron chi connectivity index (χ3n) is 2.09.